The molecule has 4 aliphatic rings. The number of benzene rings is 2. The van der Waals surface area contributed by atoms with Gasteiger partial charge in [0.25, 0.3) is 0 Å². The summed E-state index contributed by atoms with van der Waals surface area (Å²) in [6, 6.07) is 11.0. The van der Waals surface area contributed by atoms with Crippen LogP contribution >= 0.6 is 0 Å². The van der Waals surface area contributed by atoms with Crippen LogP contribution < -0.4 is 0 Å². The summed E-state index contributed by atoms with van der Waals surface area (Å²) in [6.07, 6.45) is 4.73. The van der Waals surface area contributed by atoms with Gasteiger partial charge in [0.1, 0.15) is 5.82 Å². The second kappa shape index (κ2) is 8.27. The maximum atomic E-state index is 13.7. The molecule has 2 bridgehead atoms. The van der Waals surface area contributed by atoms with E-state index < -0.39 is 15.9 Å². The Balaban J connectivity index is 1.50. The maximum Gasteiger partial charge on any atom is 0.223 e. The van der Waals surface area contributed by atoms with Gasteiger partial charge in [0.05, 0.1) is 10.9 Å². The normalized spacial score (nSPS) is 27.2. The maximum absolute atomic E-state index is 13.7. The second-order valence-corrected chi connectivity index (χ2v) is 11.5. The van der Waals surface area contributed by atoms with E-state index >= 15 is 0 Å². The highest BCUT2D eigenvalue weighted by molar-refractivity contribution is 7.90. The van der Waals surface area contributed by atoms with Gasteiger partial charge in [-0.1, -0.05) is 18.2 Å². The topological polar surface area (TPSA) is 57.7 Å². The number of carbonyl (C=O) groups is 1. The third-order valence-corrected chi connectivity index (χ3v) is 8.62. The van der Waals surface area contributed by atoms with Crippen LogP contribution in [0.2, 0.25) is 0 Å². The lowest BCUT2D eigenvalue weighted by atomic mass is 9.77. The molecule has 4 aliphatic heterocycles. The van der Waals surface area contributed by atoms with E-state index in [-0.39, 0.29) is 16.6 Å². The quantitative estimate of drug-likeness (QED) is 0.707. The summed E-state index contributed by atoms with van der Waals surface area (Å²) in [5, 5.41) is 0. The number of rotatable bonds is 4. The van der Waals surface area contributed by atoms with Crippen LogP contribution in [-0.2, 0) is 21.1 Å². The number of halogens is 1. The molecule has 3 saturated heterocycles. The van der Waals surface area contributed by atoms with E-state index in [1.54, 1.807) is 24.3 Å². The van der Waals surface area contributed by atoms with Crippen molar-refractivity contribution in [3.05, 3.63) is 65.0 Å². The Morgan fingerprint density at radius 1 is 1.06 bits per heavy atom. The molecule has 2 aromatic rings. The summed E-state index contributed by atoms with van der Waals surface area (Å²) >= 11 is 0. The average Bonchev–Trinajstić information content (AvgIpc) is 2.79. The standard InChI is InChI=1S/C25H29FN2O3S/c1-32(30,31)22-7-4-18-10-13-28(24(29)14-20-16-27-11-8-17(20)9-12-27)25(23(18)15-22)19-2-5-21(26)6-3-19/h2-7,15,17,20,25H,8-14,16H2,1H3/t20-,25+/m1/s1. The molecule has 7 heteroatoms. The van der Waals surface area contributed by atoms with Crippen LogP contribution in [0, 0.1) is 17.7 Å². The number of carbonyl (C=O) groups excluding carboxylic acids is 1. The minimum absolute atomic E-state index is 0.105. The lowest BCUT2D eigenvalue weighted by Crippen LogP contribution is -2.49. The molecule has 0 saturated carbocycles. The lowest BCUT2D eigenvalue weighted by molar-refractivity contribution is -0.136. The Labute approximate surface area is 189 Å². The number of sulfone groups is 1. The van der Waals surface area contributed by atoms with E-state index in [1.165, 1.54) is 31.2 Å². The lowest BCUT2D eigenvalue weighted by Gasteiger charge is -2.46. The number of hydrogen-bond donors (Lipinski definition) is 0. The predicted molar refractivity (Wildman–Crippen MR) is 120 cm³/mol. The highest BCUT2D eigenvalue weighted by Gasteiger charge is 2.38. The number of piperidine rings is 3. The molecule has 6 rings (SSSR count). The molecule has 2 aromatic carbocycles. The smallest absolute Gasteiger partial charge is 0.223 e. The molecule has 32 heavy (non-hydrogen) atoms. The van der Waals surface area contributed by atoms with E-state index in [1.807, 2.05) is 11.0 Å². The molecule has 0 N–H and O–H groups in total. The number of hydrogen-bond acceptors (Lipinski definition) is 4. The van der Waals surface area contributed by atoms with Crippen molar-refractivity contribution < 1.29 is 17.6 Å². The summed E-state index contributed by atoms with van der Waals surface area (Å²) in [5.74, 6) is 0.762. The van der Waals surface area contributed by atoms with Gasteiger partial charge in [-0.3, -0.25) is 4.79 Å². The molecular weight excluding hydrogens is 427 g/mol. The third-order valence-electron chi connectivity index (χ3n) is 7.51. The summed E-state index contributed by atoms with van der Waals surface area (Å²) in [4.78, 5) is 18.2. The highest BCUT2D eigenvalue weighted by Crippen LogP contribution is 2.39. The van der Waals surface area contributed by atoms with Crippen LogP contribution in [0.5, 0.6) is 0 Å². The summed E-state index contributed by atoms with van der Waals surface area (Å²) in [5.41, 5.74) is 2.67. The van der Waals surface area contributed by atoms with Crippen molar-refractivity contribution in [1.82, 2.24) is 9.80 Å². The fourth-order valence-corrected chi connectivity index (χ4v) is 6.41. The van der Waals surface area contributed by atoms with Crippen LogP contribution in [0.4, 0.5) is 4.39 Å². The van der Waals surface area contributed by atoms with Crippen LogP contribution in [0.1, 0.15) is 42.0 Å². The summed E-state index contributed by atoms with van der Waals surface area (Å²) in [7, 11) is -3.38. The Morgan fingerprint density at radius 2 is 1.78 bits per heavy atom. The second-order valence-electron chi connectivity index (χ2n) is 9.53. The minimum Gasteiger partial charge on any atom is -0.331 e. The van der Waals surface area contributed by atoms with E-state index in [4.69, 9.17) is 0 Å². The number of amides is 1. The first kappa shape index (κ1) is 21.6. The first-order valence-electron chi connectivity index (χ1n) is 11.4. The Morgan fingerprint density at radius 3 is 2.41 bits per heavy atom. The molecule has 3 fully saturated rings. The molecular formula is C25H29FN2O3S. The summed E-state index contributed by atoms with van der Waals surface area (Å²) in [6.45, 7) is 3.84. The van der Waals surface area contributed by atoms with Crippen molar-refractivity contribution in [2.45, 2.75) is 36.6 Å². The van der Waals surface area contributed by atoms with Crippen molar-refractivity contribution >= 4 is 15.7 Å². The minimum atomic E-state index is -3.38. The first-order chi connectivity index (χ1) is 15.3. The van der Waals surface area contributed by atoms with Gasteiger partial charge in [-0.15, -0.1) is 0 Å². The molecule has 0 aliphatic carbocycles. The molecule has 0 radical (unpaired) electrons. The fourth-order valence-electron chi connectivity index (χ4n) is 5.76. The van der Waals surface area contributed by atoms with Crippen LogP contribution in [-0.4, -0.2) is 56.6 Å². The molecule has 1 amide bonds. The van der Waals surface area contributed by atoms with Gasteiger partial charge in [-0.05, 0) is 85.1 Å². The zero-order valence-electron chi connectivity index (χ0n) is 18.3. The fraction of sp³-hybridized carbons (Fsp3) is 0.480. The van der Waals surface area contributed by atoms with Gasteiger partial charge in [-0.2, -0.15) is 0 Å². The molecule has 5 nitrogen and oxygen atoms in total. The zero-order valence-corrected chi connectivity index (χ0v) is 19.2. The van der Waals surface area contributed by atoms with E-state index in [0.29, 0.717) is 31.2 Å². The van der Waals surface area contributed by atoms with Crippen molar-refractivity contribution in [1.29, 1.82) is 0 Å². The first-order valence-corrected chi connectivity index (χ1v) is 13.3. The van der Waals surface area contributed by atoms with Crippen molar-refractivity contribution in [3.8, 4) is 0 Å². The van der Waals surface area contributed by atoms with E-state index in [0.717, 1.165) is 36.3 Å². The highest BCUT2D eigenvalue weighted by atomic mass is 32.2. The average molecular weight is 457 g/mol. The van der Waals surface area contributed by atoms with Gasteiger partial charge in [0.2, 0.25) is 5.91 Å². The van der Waals surface area contributed by atoms with Gasteiger partial charge < -0.3 is 9.80 Å². The van der Waals surface area contributed by atoms with Crippen LogP contribution in [0.3, 0.4) is 0 Å². The summed E-state index contributed by atoms with van der Waals surface area (Å²) < 4.78 is 38.1. The van der Waals surface area contributed by atoms with Crippen molar-refractivity contribution in [2.75, 3.05) is 32.4 Å². The van der Waals surface area contributed by atoms with Crippen LogP contribution in [0.15, 0.2) is 47.4 Å². The third kappa shape index (κ3) is 4.08. The Hall–Kier alpha value is -2.25. The number of fused-ring (bicyclic) bond motifs is 4. The molecule has 4 heterocycles. The van der Waals surface area contributed by atoms with Crippen LogP contribution in [0.25, 0.3) is 0 Å². The molecule has 170 valence electrons. The van der Waals surface area contributed by atoms with Gasteiger partial charge in [0, 0.05) is 25.8 Å². The van der Waals surface area contributed by atoms with Gasteiger partial charge >= 0.3 is 0 Å². The Kier molecular flexibility index (Phi) is 5.58. The van der Waals surface area contributed by atoms with Crippen molar-refractivity contribution in [3.63, 3.8) is 0 Å². The van der Waals surface area contributed by atoms with Gasteiger partial charge in [-0.25, -0.2) is 12.8 Å². The largest absolute Gasteiger partial charge is 0.331 e. The molecule has 0 spiro atoms. The van der Waals surface area contributed by atoms with E-state index in [9.17, 15) is 17.6 Å². The number of nitrogens with zero attached hydrogens (tertiary/aromatic N) is 2. The van der Waals surface area contributed by atoms with E-state index in [2.05, 4.69) is 4.90 Å². The predicted octanol–water partition coefficient (Wildman–Crippen LogP) is 3.44. The molecule has 2 atom stereocenters. The van der Waals surface area contributed by atoms with Gasteiger partial charge in [0.15, 0.2) is 9.84 Å². The molecule has 0 unspecified atom stereocenters. The monoisotopic (exact) mass is 456 g/mol. The zero-order chi connectivity index (χ0) is 22.5. The van der Waals surface area contributed by atoms with Crippen molar-refractivity contribution in [2.24, 2.45) is 11.8 Å². The molecule has 0 aromatic heterocycles. The Bertz CT molecular complexity index is 1120. The SMILES string of the molecule is CS(=O)(=O)c1ccc2c(c1)[C@H](c1ccc(F)cc1)N(C(=O)C[C@@H]1CN3CCC1CC3)CC2.